The molecule has 25 heavy (non-hydrogen) atoms. The summed E-state index contributed by atoms with van der Waals surface area (Å²) < 4.78 is 12.1. The van der Waals surface area contributed by atoms with E-state index in [4.69, 9.17) is 9.47 Å². The maximum Gasteiger partial charge on any atom is 0.168 e. The SMILES string of the molecule is C[C@@]12CCC[C@H]1[C@@H]1CC[C@@H]3CC4(CC[C@]3(C)[C@H]1C(=O)[C@@H]2Br)OCCO4. The van der Waals surface area contributed by atoms with Crippen molar-refractivity contribution in [1.29, 1.82) is 0 Å². The lowest BCUT2D eigenvalue weighted by Crippen LogP contribution is -2.61. The molecule has 1 spiro atoms. The summed E-state index contributed by atoms with van der Waals surface area (Å²) in [6.45, 7) is 6.27. The van der Waals surface area contributed by atoms with E-state index in [1.807, 2.05) is 0 Å². The van der Waals surface area contributed by atoms with E-state index in [9.17, 15) is 4.79 Å². The first-order valence-electron chi connectivity index (χ1n) is 10.4. The maximum atomic E-state index is 13.6. The predicted octanol–water partition coefficient (Wildman–Crippen LogP) is 4.71. The number of ketones is 1. The fraction of sp³-hybridized carbons (Fsp3) is 0.952. The molecule has 0 amide bonds. The standard InChI is InChI=1S/C21H31BrO3/c1-19-8-9-21(24-10-11-25-21)12-13(19)5-6-14-15-4-3-7-20(15,2)18(22)17(23)16(14)19/h13-16,18H,3-12H2,1-2H3/t13-,14+,15+,16-,18+,19+,20-/m1/s1. The first kappa shape index (κ1) is 17.2. The third kappa shape index (κ3) is 2.20. The van der Waals surface area contributed by atoms with Gasteiger partial charge in [0.25, 0.3) is 0 Å². The Bertz CT molecular complexity index is 586. The summed E-state index contributed by atoms with van der Waals surface area (Å²) in [6.07, 6.45) is 9.35. The number of carbonyl (C=O) groups is 1. The Labute approximate surface area is 159 Å². The quantitative estimate of drug-likeness (QED) is 0.542. The molecule has 140 valence electrons. The van der Waals surface area contributed by atoms with Crippen LogP contribution in [0.5, 0.6) is 0 Å². The van der Waals surface area contributed by atoms with E-state index in [0.29, 0.717) is 17.6 Å². The van der Waals surface area contributed by atoms with E-state index in [2.05, 4.69) is 29.8 Å². The van der Waals surface area contributed by atoms with Crippen LogP contribution in [0.3, 0.4) is 0 Å². The van der Waals surface area contributed by atoms with Crippen molar-refractivity contribution in [2.75, 3.05) is 13.2 Å². The number of Topliss-reactive ketones (excluding diaryl/α,β-unsaturated/α-hetero) is 1. The molecule has 4 aliphatic carbocycles. The summed E-state index contributed by atoms with van der Waals surface area (Å²) in [7, 11) is 0. The van der Waals surface area contributed by atoms with Crippen LogP contribution in [0.4, 0.5) is 0 Å². The third-order valence-electron chi connectivity index (χ3n) is 9.07. The minimum atomic E-state index is -0.329. The van der Waals surface area contributed by atoms with Gasteiger partial charge in [-0.2, -0.15) is 0 Å². The highest BCUT2D eigenvalue weighted by Gasteiger charge is 2.65. The van der Waals surface area contributed by atoms with Gasteiger partial charge in [-0.25, -0.2) is 0 Å². The van der Waals surface area contributed by atoms with E-state index < -0.39 is 0 Å². The zero-order valence-electron chi connectivity index (χ0n) is 15.6. The highest BCUT2D eigenvalue weighted by Crippen LogP contribution is 2.67. The zero-order chi connectivity index (χ0) is 17.4. The average molecular weight is 411 g/mol. The predicted molar refractivity (Wildman–Crippen MR) is 99.5 cm³/mol. The van der Waals surface area contributed by atoms with Gasteiger partial charge in [-0.3, -0.25) is 4.79 Å². The summed E-state index contributed by atoms with van der Waals surface area (Å²) in [5.74, 6) is 2.33. The Morgan fingerprint density at radius 1 is 1.00 bits per heavy atom. The van der Waals surface area contributed by atoms with Gasteiger partial charge < -0.3 is 9.47 Å². The molecule has 4 heteroatoms. The Morgan fingerprint density at radius 2 is 1.76 bits per heavy atom. The van der Waals surface area contributed by atoms with Crippen LogP contribution >= 0.6 is 15.9 Å². The largest absolute Gasteiger partial charge is 0.348 e. The van der Waals surface area contributed by atoms with Crippen LogP contribution in [0.1, 0.15) is 65.2 Å². The lowest BCUT2D eigenvalue weighted by atomic mass is 9.44. The van der Waals surface area contributed by atoms with Crippen molar-refractivity contribution in [2.24, 2.45) is 34.5 Å². The fourth-order valence-corrected chi connectivity index (χ4v) is 8.57. The molecule has 0 aromatic heterocycles. The number of carbonyl (C=O) groups excluding carboxylic acids is 1. The molecule has 0 unspecified atom stereocenters. The van der Waals surface area contributed by atoms with E-state index in [1.54, 1.807) is 0 Å². The normalized spacial score (nSPS) is 54.2. The minimum Gasteiger partial charge on any atom is -0.348 e. The summed E-state index contributed by atoms with van der Waals surface area (Å²) in [5.41, 5.74) is 0.325. The van der Waals surface area contributed by atoms with E-state index >= 15 is 0 Å². The van der Waals surface area contributed by atoms with Gasteiger partial charge >= 0.3 is 0 Å². The van der Waals surface area contributed by atoms with Gasteiger partial charge in [0.15, 0.2) is 11.6 Å². The summed E-state index contributed by atoms with van der Waals surface area (Å²) in [4.78, 5) is 13.6. The summed E-state index contributed by atoms with van der Waals surface area (Å²) in [6, 6.07) is 0. The number of rotatable bonds is 0. The molecule has 0 bridgehead atoms. The molecule has 1 saturated heterocycles. The lowest BCUT2D eigenvalue weighted by molar-refractivity contribution is -0.226. The van der Waals surface area contributed by atoms with E-state index in [-0.39, 0.29) is 27.4 Å². The molecule has 0 N–H and O–H groups in total. The molecule has 4 saturated carbocycles. The van der Waals surface area contributed by atoms with Gasteiger partial charge in [0.2, 0.25) is 0 Å². The van der Waals surface area contributed by atoms with Gasteiger partial charge in [0.1, 0.15) is 0 Å². The highest BCUT2D eigenvalue weighted by atomic mass is 79.9. The Kier molecular flexibility index (Phi) is 3.81. The molecular formula is C21H31BrO3. The molecule has 7 atom stereocenters. The third-order valence-corrected chi connectivity index (χ3v) is 10.6. The summed E-state index contributed by atoms with van der Waals surface area (Å²) >= 11 is 3.88. The van der Waals surface area contributed by atoms with Crippen molar-refractivity contribution in [3.05, 3.63) is 0 Å². The number of fused-ring (bicyclic) bond motifs is 5. The maximum absolute atomic E-state index is 13.6. The van der Waals surface area contributed by atoms with E-state index in [1.165, 1.54) is 32.1 Å². The molecule has 1 heterocycles. The van der Waals surface area contributed by atoms with Crippen LogP contribution in [0.2, 0.25) is 0 Å². The van der Waals surface area contributed by atoms with Crippen LogP contribution in [0, 0.1) is 34.5 Å². The molecule has 1 aliphatic heterocycles. The van der Waals surface area contributed by atoms with Crippen molar-refractivity contribution >= 4 is 21.7 Å². The second-order valence-electron chi connectivity index (χ2n) is 10.0. The molecule has 5 rings (SSSR count). The average Bonchev–Trinajstić information content (AvgIpc) is 3.21. The van der Waals surface area contributed by atoms with Gasteiger partial charge in [-0.1, -0.05) is 36.2 Å². The molecule has 0 aromatic rings. The molecule has 0 radical (unpaired) electrons. The van der Waals surface area contributed by atoms with Crippen molar-refractivity contribution in [3.8, 4) is 0 Å². The van der Waals surface area contributed by atoms with Gasteiger partial charge in [-0.15, -0.1) is 0 Å². The molecule has 0 aromatic carbocycles. The van der Waals surface area contributed by atoms with Crippen molar-refractivity contribution in [2.45, 2.75) is 75.8 Å². The van der Waals surface area contributed by atoms with Crippen LogP contribution in [-0.2, 0) is 14.3 Å². The van der Waals surface area contributed by atoms with Crippen molar-refractivity contribution in [1.82, 2.24) is 0 Å². The number of hydrogen-bond acceptors (Lipinski definition) is 3. The number of alkyl halides is 1. The Balaban J connectivity index is 1.49. The van der Waals surface area contributed by atoms with Crippen LogP contribution in [0.25, 0.3) is 0 Å². The second kappa shape index (κ2) is 5.54. The minimum absolute atomic E-state index is 0.0548. The Morgan fingerprint density at radius 3 is 2.52 bits per heavy atom. The van der Waals surface area contributed by atoms with Crippen LogP contribution in [-0.4, -0.2) is 29.6 Å². The van der Waals surface area contributed by atoms with Crippen molar-refractivity contribution < 1.29 is 14.3 Å². The number of hydrogen-bond donors (Lipinski definition) is 0. The molecule has 5 aliphatic rings. The highest BCUT2D eigenvalue weighted by molar-refractivity contribution is 9.10. The lowest BCUT2D eigenvalue weighted by Gasteiger charge is -2.61. The van der Waals surface area contributed by atoms with Crippen LogP contribution < -0.4 is 0 Å². The topological polar surface area (TPSA) is 35.5 Å². The van der Waals surface area contributed by atoms with Crippen molar-refractivity contribution in [3.63, 3.8) is 0 Å². The number of halogens is 1. The van der Waals surface area contributed by atoms with Gasteiger partial charge in [0, 0.05) is 18.8 Å². The van der Waals surface area contributed by atoms with Gasteiger partial charge in [0.05, 0.1) is 18.0 Å². The fourth-order valence-electron chi connectivity index (χ4n) is 7.71. The first-order chi connectivity index (χ1) is 11.9. The molecule has 5 fully saturated rings. The van der Waals surface area contributed by atoms with E-state index in [0.717, 1.165) is 38.4 Å². The second-order valence-corrected chi connectivity index (χ2v) is 10.9. The summed E-state index contributed by atoms with van der Waals surface area (Å²) in [5, 5.41) is 0. The van der Waals surface area contributed by atoms with Crippen LogP contribution in [0.15, 0.2) is 0 Å². The Hall–Kier alpha value is 0.0700. The number of ether oxygens (including phenoxy) is 2. The molecule has 3 nitrogen and oxygen atoms in total. The molecular weight excluding hydrogens is 380 g/mol. The monoisotopic (exact) mass is 410 g/mol. The van der Waals surface area contributed by atoms with Gasteiger partial charge in [-0.05, 0) is 60.7 Å². The zero-order valence-corrected chi connectivity index (χ0v) is 17.1. The first-order valence-corrected chi connectivity index (χ1v) is 11.3. The smallest absolute Gasteiger partial charge is 0.168 e.